The molecule has 28 heavy (non-hydrogen) atoms. The van der Waals surface area contributed by atoms with Gasteiger partial charge < -0.3 is 16.0 Å². The number of nitrogens with two attached hydrogens (primary N) is 1. The molecule has 2 aromatic rings. The van der Waals surface area contributed by atoms with Crippen molar-refractivity contribution in [3.8, 4) is 0 Å². The van der Waals surface area contributed by atoms with E-state index in [9.17, 15) is 10.1 Å². The average molecular weight is 429 g/mol. The maximum absolute atomic E-state index is 11.0. The summed E-state index contributed by atoms with van der Waals surface area (Å²) >= 11 is 0. The fourth-order valence-corrected chi connectivity index (χ4v) is 3.13. The molecule has 0 spiro atoms. The summed E-state index contributed by atoms with van der Waals surface area (Å²) in [5, 5.41) is 14.1. The van der Waals surface area contributed by atoms with Crippen molar-refractivity contribution in [2.24, 2.45) is 5.73 Å². The van der Waals surface area contributed by atoms with Gasteiger partial charge in [0.05, 0.1) is 4.92 Å². The van der Waals surface area contributed by atoms with Gasteiger partial charge in [-0.25, -0.2) is 4.98 Å². The van der Waals surface area contributed by atoms with Crippen LogP contribution in [0, 0.1) is 10.1 Å². The van der Waals surface area contributed by atoms with Gasteiger partial charge in [-0.2, -0.15) is 4.98 Å². The van der Waals surface area contributed by atoms with Gasteiger partial charge in [0, 0.05) is 48.7 Å². The Bertz CT molecular complexity index is 792. The lowest BCUT2D eigenvalue weighted by Gasteiger charge is -2.32. The van der Waals surface area contributed by atoms with Crippen LogP contribution in [-0.2, 0) is 6.42 Å². The number of anilines is 3. The molecule has 10 heteroatoms. The van der Waals surface area contributed by atoms with Crippen LogP contribution >= 0.6 is 24.8 Å². The van der Waals surface area contributed by atoms with Crippen molar-refractivity contribution in [2.75, 3.05) is 23.3 Å². The van der Waals surface area contributed by atoms with Crippen molar-refractivity contribution in [1.29, 1.82) is 0 Å². The Kier molecular flexibility index (Phi) is 9.37. The number of nitro groups is 1. The van der Waals surface area contributed by atoms with Gasteiger partial charge in [-0.15, -0.1) is 24.8 Å². The second kappa shape index (κ2) is 11.0. The number of hydrogen-bond acceptors (Lipinski definition) is 7. The summed E-state index contributed by atoms with van der Waals surface area (Å²) < 4.78 is 0. The van der Waals surface area contributed by atoms with Gasteiger partial charge in [0.25, 0.3) is 5.69 Å². The van der Waals surface area contributed by atoms with Crippen LogP contribution in [0.5, 0.6) is 0 Å². The number of nitrogens with one attached hydrogen (secondary N) is 1. The second-order valence-corrected chi connectivity index (χ2v) is 6.57. The predicted octanol–water partition coefficient (Wildman–Crippen LogP) is 3.85. The van der Waals surface area contributed by atoms with Crippen LogP contribution in [0.4, 0.5) is 23.1 Å². The highest BCUT2D eigenvalue weighted by Gasteiger charge is 2.19. The molecule has 1 aliphatic rings. The third-order valence-electron chi connectivity index (χ3n) is 4.37. The molecule has 1 aromatic carbocycles. The number of hydrogen-bond donors (Lipinski definition) is 2. The van der Waals surface area contributed by atoms with E-state index in [1.54, 1.807) is 12.1 Å². The lowest BCUT2D eigenvalue weighted by atomic mass is 10.1. The van der Waals surface area contributed by atoms with Crippen LogP contribution in [0.25, 0.3) is 0 Å². The minimum atomic E-state index is -0.417. The molecular weight excluding hydrogens is 403 g/mol. The Morgan fingerprint density at radius 1 is 1.32 bits per heavy atom. The van der Waals surface area contributed by atoms with Gasteiger partial charge in [-0.05, 0) is 25.3 Å². The first-order valence-corrected chi connectivity index (χ1v) is 8.95. The molecule has 1 aliphatic heterocycles. The summed E-state index contributed by atoms with van der Waals surface area (Å²) in [6.07, 6.45) is 3.90. The van der Waals surface area contributed by atoms with Crippen LogP contribution in [0.3, 0.4) is 0 Å². The molecule has 154 valence electrons. The Morgan fingerprint density at radius 3 is 2.79 bits per heavy atom. The molecule has 0 saturated carbocycles. The zero-order chi connectivity index (χ0) is 18.5. The number of piperidine rings is 1. The van der Waals surface area contributed by atoms with E-state index in [2.05, 4.69) is 27.1 Å². The number of aromatic nitrogens is 2. The van der Waals surface area contributed by atoms with Crippen LogP contribution < -0.4 is 16.0 Å². The van der Waals surface area contributed by atoms with Crippen molar-refractivity contribution < 1.29 is 4.92 Å². The van der Waals surface area contributed by atoms with Gasteiger partial charge in [0.15, 0.2) is 0 Å². The van der Waals surface area contributed by atoms with E-state index in [4.69, 9.17) is 5.73 Å². The molecule has 1 saturated heterocycles. The molecule has 3 rings (SSSR count). The van der Waals surface area contributed by atoms with Crippen molar-refractivity contribution in [3.63, 3.8) is 0 Å². The third kappa shape index (κ3) is 6.19. The third-order valence-corrected chi connectivity index (χ3v) is 4.37. The van der Waals surface area contributed by atoms with E-state index in [1.807, 2.05) is 6.07 Å². The van der Waals surface area contributed by atoms with Crippen LogP contribution in [0.15, 0.2) is 30.3 Å². The Balaban J connectivity index is 0.00000196. The minimum absolute atomic E-state index is 0. The van der Waals surface area contributed by atoms with Gasteiger partial charge in [0.2, 0.25) is 5.95 Å². The highest BCUT2D eigenvalue weighted by molar-refractivity contribution is 5.85. The summed E-state index contributed by atoms with van der Waals surface area (Å²) in [5.41, 5.74) is 7.67. The second-order valence-electron chi connectivity index (χ2n) is 6.57. The Hall–Kier alpha value is -2.16. The van der Waals surface area contributed by atoms with Crippen LogP contribution in [-0.4, -0.2) is 34.0 Å². The van der Waals surface area contributed by atoms with E-state index in [1.165, 1.54) is 12.1 Å². The zero-order valence-electron chi connectivity index (χ0n) is 15.7. The molecule has 3 N–H and O–H groups in total. The van der Waals surface area contributed by atoms with E-state index >= 15 is 0 Å². The fraction of sp³-hybridized carbons (Fsp3) is 0.444. The van der Waals surface area contributed by atoms with Gasteiger partial charge in [-0.3, -0.25) is 10.1 Å². The van der Waals surface area contributed by atoms with Crippen LogP contribution in [0.2, 0.25) is 0 Å². The lowest BCUT2D eigenvalue weighted by Crippen LogP contribution is -2.43. The molecule has 1 fully saturated rings. The first-order valence-electron chi connectivity index (χ1n) is 8.95. The normalized spacial score (nSPS) is 15.9. The molecule has 0 radical (unpaired) electrons. The molecule has 1 aromatic heterocycles. The van der Waals surface area contributed by atoms with E-state index in [0.717, 1.165) is 50.3 Å². The molecular formula is C18H26Cl2N6O2. The summed E-state index contributed by atoms with van der Waals surface area (Å²) in [6.45, 7) is 3.80. The highest BCUT2D eigenvalue weighted by Crippen LogP contribution is 2.24. The standard InChI is InChI=1S/C18H24N6O2.2ClH/c1-2-5-14-11-17(23-9-4-6-13(19)12-23)22-18(20-14)21-15-7-3-8-16(10-15)24(25)26;;/h3,7-8,10-11,13H,2,4-6,9,12,19H2,1H3,(H,20,21,22);2*1H/t13-;;/m0../s1. The fourth-order valence-electron chi connectivity index (χ4n) is 3.13. The average Bonchev–Trinajstić information content (AvgIpc) is 2.62. The number of benzene rings is 1. The van der Waals surface area contributed by atoms with Crippen molar-refractivity contribution >= 4 is 48.0 Å². The first kappa shape index (κ1) is 23.9. The van der Waals surface area contributed by atoms with E-state index in [0.29, 0.717) is 11.6 Å². The molecule has 0 bridgehead atoms. The quantitative estimate of drug-likeness (QED) is 0.530. The number of halogens is 2. The predicted molar refractivity (Wildman–Crippen MR) is 116 cm³/mol. The minimum Gasteiger partial charge on any atom is -0.355 e. The number of aryl methyl sites for hydroxylation is 1. The monoisotopic (exact) mass is 428 g/mol. The van der Waals surface area contributed by atoms with Gasteiger partial charge in [-0.1, -0.05) is 19.4 Å². The smallest absolute Gasteiger partial charge is 0.271 e. The number of nitrogens with zero attached hydrogens (tertiary/aromatic N) is 4. The Morgan fingerprint density at radius 2 is 2.11 bits per heavy atom. The molecule has 0 unspecified atom stereocenters. The van der Waals surface area contributed by atoms with E-state index in [-0.39, 0.29) is 36.5 Å². The lowest BCUT2D eigenvalue weighted by molar-refractivity contribution is -0.384. The van der Waals surface area contributed by atoms with Crippen molar-refractivity contribution in [1.82, 2.24) is 9.97 Å². The summed E-state index contributed by atoms with van der Waals surface area (Å²) in [4.78, 5) is 21.9. The summed E-state index contributed by atoms with van der Waals surface area (Å²) in [5.74, 6) is 1.30. The summed E-state index contributed by atoms with van der Waals surface area (Å²) in [6, 6.07) is 8.51. The maximum Gasteiger partial charge on any atom is 0.271 e. The molecule has 1 atom stereocenters. The largest absolute Gasteiger partial charge is 0.355 e. The van der Waals surface area contributed by atoms with Crippen molar-refractivity contribution in [3.05, 3.63) is 46.1 Å². The van der Waals surface area contributed by atoms with Gasteiger partial charge in [0.1, 0.15) is 5.82 Å². The number of rotatable bonds is 6. The van der Waals surface area contributed by atoms with Crippen molar-refractivity contribution in [2.45, 2.75) is 38.6 Å². The van der Waals surface area contributed by atoms with Gasteiger partial charge >= 0.3 is 0 Å². The number of nitro benzene ring substituents is 1. The highest BCUT2D eigenvalue weighted by atomic mass is 35.5. The molecule has 2 heterocycles. The molecule has 8 nitrogen and oxygen atoms in total. The Labute approximate surface area is 176 Å². The van der Waals surface area contributed by atoms with Crippen LogP contribution in [0.1, 0.15) is 31.9 Å². The first-order chi connectivity index (χ1) is 12.5. The maximum atomic E-state index is 11.0. The number of non-ortho nitro benzene ring substituents is 1. The SMILES string of the molecule is CCCc1cc(N2CCC[C@H](N)C2)nc(Nc2cccc([N+](=O)[O-])c2)n1.Cl.Cl. The zero-order valence-corrected chi connectivity index (χ0v) is 17.3. The van der Waals surface area contributed by atoms with E-state index < -0.39 is 4.92 Å². The summed E-state index contributed by atoms with van der Waals surface area (Å²) in [7, 11) is 0. The molecule has 0 amide bonds. The molecule has 0 aliphatic carbocycles. The topological polar surface area (TPSA) is 110 Å².